The van der Waals surface area contributed by atoms with Crippen molar-refractivity contribution >= 4 is 33.8 Å². The van der Waals surface area contributed by atoms with Crippen LogP contribution in [0.2, 0.25) is 0 Å². The number of anilines is 1. The average molecular weight is 604 g/mol. The fourth-order valence-corrected chi connectivity index (χ4v) is 7.90. The molecule has 5 aromatic rings. The highest BCUT2D eigenvalue weighted by atomic mass is 16.5. The average Bonchev–Trinajstić information content (AvgIpc) is 3.37. The van der Waals surface area contributed by atoms with E-state index >= 15 is 0 Å². The second-order valence-corrected chi connectivity index (χ2v) is 13.3. The zero-order valence-corrected chi connectivity index (χ0v) is 25.6. The van der Waals surface area contributed by atoms with E-state index in [0.29, 0.717) is 23.1 Å². The number of nitrogens with two attached hydrogens (primary N) is 1. The van der Waals surface area contributed by atoms with Crippen molar-refractivity contribution in [2.24, 2.45) is 17.6 Å². The molecule has 0 unspecified atom stereocenters. The van der Waals surface area contributed by atoms with Crippen molar-refractivity contribution in [2.45, 2.75) is 57.3 Å². The molecule has 2 aliphatic heterocycles. The van der Waals surface area contributed by atoms with Crippen molar-refractivity contribution in [1.29, 1.82) is 0 Å². The summed E-state index contributed by atoms with van der Waals surface area (Å²) in [5, 5.41) is 1.10. The summed E-state index contributed by atoms with van der Waals surface area (Å²) in [5.74, 6) is 4.26. The van der Waals surface area contributed by atoms with E-state index in [0.717, 1.165) is 84.2 Å². The molecule has 0 radical (unpaired) electrons. The maximum absolute atomic E-state index is 13.9. The van der Waals surface area contributed by atoms with Crippen LogP contribution in [0.1, 0.15) is 47.9 Å². The number of methoxy groups -OCH3 is 1. The van der Waals surface area contributed by atoms with Gasteiger partial charge in [-0.25, -0.2) is 19.9 Å². The van der Waals surface area contributed by atoms with E-state index in [1.54, 1.807) is 7.11 Å². The molecule has 2 saturated carbocycles. The first-order chi connectivity index (χ1) is 22.0. The molecule has 11 heteroatoms. The molecule has 2 bridgehead atoms. The molecule has 3 atom stereocenters. The maximum atomic E-state index is 13.9. The summed E-state index contributed by atoms with van der Waals surface area (Å²) >= 11 is 0. The van der Waals surface area contributed by atoms with Crippen LogP contribution < -0.4 is 15.4 Å². The molecular weight excluding hydrogens is 566 g/mol. The largest absolute Gasteiger partial charge is 0.494 e. The third kappa shape index (κ3) is 4.23. The molecule has 2 N–H and O–H groups in total. The third-order valence-electron chi connectivity index (χ3n) is 10.5. The van der Waals surface area contributed by atoms with Crippen LogP contribution in [0.3, 0.4) is 0 Å². The Labute approximate surface area is 261 Å². The molecule has 2 aliphatic carbocycles. The molecule has 11 nitrogen and oxygen atoms in total. The van der Waals surface area contributed by atoms with E-state index in [4.69, 9.17) is 20.4 Å². The number of carbonyl (C=O) groups excluding carboxylic acids is 1. The molecule has 230 valence electrons. The summed E-state index contributed by atoms with van der Waals surface area (Å²) in [6, 6.07) is 12.4. The number of nitrogens with zero attached hydrogens (tertiary/aromatic N) is 8. The number of rotatable bonds is 7. The Morgan fingerprint density at radius 3 is 2.62 bits per heavy atom. The number of amides is 1. The molecule has 0 spiro atoms. The highest BCUT2D eigenvalue weighted by molar-refractivity contribution is 6.00. The fraction of sp³-hybridized carbons (Fsp3) is 0.441. The van der Waals surface area contributed by atoms with Crippen LogP contribution in [-0.4, -0.2) is 78.7 Å². The number of imidazole rings is 1. The molecule has 4 fully saturated rings. The first kappa shape index (κ1) is 26.9. The van der Waals surface area contributed by atoms with Crippen molar-refractivity contribution < 1.29 is 9.53 Å². The van der Waals surface area contributed by atoms with Crippen LogP contribution >= 0.6 is 0 Å². The minimum absolute atomic E-state index is 0.00921. The van der Waals surface area contributed by atoms with Gasteiger partial charge >= 0.3 is 0 Å². The van der Waals surface area contributed by atoms with E-state index in [9.17, 15) is 4.79 Å². The standard InChI is InChI=1S/C34H37N9O2/c1-19-36-11-9-29(38-19)40-17-24(18-40)43-31-25(12-23(14-28(31)45-2)34(44)42-16-22-7-8-26(42)30(22)35)39-33(43)27-13-21-4-3-10-37-32(21)41(27)15-20-5-6-20/h3-4,9-14,20,22,24,26,30H,5-8,15-18,35H2,1-2H3/t22-,26-,30-/m1/s1. The lowest BCUT2D eigenvalue weighted by atomic mass is 10.1. The maximum Gasteiger partial charge on any atom is 0.254 e. The molecule has 45 heavy (non-hydrogen) atoms. The summed E-state index contributed by atoms with van der Waals surface area (Å²) in [6.07, 6.45) is 8.22. The van der Waals surface area contributed by atoms with E-state index in [-0.39, 0.29) is 24.0 Å². The Hall–Kier alpha value is -4.51. The Morgan fingerprint density at radius 1 is 1.02 bits per heavy atom. The van der Waals surface area contributed by atoms with Crippen molar-refractivity contribution in [3.8, 4) is 17.3 Å². The predicted molar refractivity (Wildman–Crippen MR) is 171 cm³/mol. The number of aryl methyl sites for hydroxylation is 1. The second kappa shape index (κ2) is 10.00. The van der Waals surface area contributed by atoms with Crippen molar-refractivity contribution in [1.82, 2.24) is 34.0 Å². The highest BCUT2D eigenvalue weighted by Gasteiger charge is 2.47. The molecule has 4 aromatic heterocycles. The fourth-order valence-electron chi connectivity index (χ4n) is 7.90. The topological polar surface area (TPSA) is 120 Å². The summed E-state index contributed by atoms with van der Waals surface area (Å²) < 4.78 is 10.7. The van der Waals surface area contributed by atoms with Gasteiger partial charge in [-0.05, 0) is 80.8 Å². The van der Waals surface area contributed by atoms with Crippen LogP contribution in [0, 0.1) is 18.8 Å². The quantitative estimate of drug-likeness (QED) is 0.294. The van der Waals surface area contributed by atoms with Gasteiger partial charge in [0.15, 0.2) is 5.82 Å². The number of pyridine rings is 1. The number of fused-ring (bicyclic) bond motifs is 4. The van der Waals surface area contributed by atoms with Gasteiger partial charge in [0.2, 0.25) is 0 Å². The molecule has 4 aliphatic rings. The predicted octanol–water partition coefficient (Wildman–Crippen LogP) is 4.19. The van der Waals surface area contributed by atoms with Gasteiger partial charge in [-0.15, -0.1) is 0 Å². The molecule has 9 rings (SSSR count). The van der Waals surface area contributed by atoms with E-state index in [2.05, 4.69) is 36.1 Å². The number of benzene rings is 1. The number of piperidine rings is 1. The van der Waals surface area contributed by atoms with Crippen LogP contribution in [0.4, 0.5) is 5.82 Å². The van der Waals surface area contributed by atoms with Gasteiger partial charge in [-0.3, -0.25) is 4.79 Å². The lowest BCUT2D eigenvalue weighted by molar-refractivity contribution is 0.0700. The lowest BCUT2D eigenvalue weighted by Gasteiger charge is -2.41. The van der Waals surface area contributed by atoms with Gasteiger partial charge in [0.25, 0.3) is 5.91 Å². The molecular formula is C34H37N9O2. The number of likely N-dealkylation sites (tertiary alicyclic amines) is 1. The smallest absolute Gasteiger partial charge is 0.254 e. The third-order valence-corrected chi connectivity index (χ3v) is 10.5. The summed E-state index contributed by atoms with van der Waals surface area (Å²) in [7, 11) is 1.68. The summed E-state index contributed by atoms with van der Waals surface area (Å²) in [4.78, 5) is 37.2. The van der Waals surface area contributed by atoms with Crippen molar-refractivity contribution in [3.05, 3.63) is 60.2 Å². The van der Waals surface area contributed by atoms with E-state index in [1.165, 1.54) is 12.8 Å². The molecule has 2 saturated heterocycles. The number of aromatic nitrogens is 6. The Kier molecular flexibility index (Phi) is 5.97. The van der Waals surface area contributed by atoms with Crippen LogP contribution in [0.25, 0.3) is 33.6 Å². The Balaban J connectivity index is 1.19. The van der Waals surface area contributed by atoms with Gasteiger partial charge < -0.3 is 29.4 Å². The number of carbonyl (C=O) groups is 1. The SMILES string of the molecule is COc1cc(C(=O)N2C[C@H]3CC[C@@H]2[C@@H]3N)cc2nc(-c3cc4cccnc4n3CC3CC3)n(C3CN(c4ccnc(C)n4)C3)c12. The summed E-state index contributed by atoms with van der Waals surface area (Å²) in [6.45, 7) is 5.09. The Morgan fingerprint density at radius 2 is 1.89 bits per heavy atom. The first-order valence-electron chi connectivity index (χ1n) is 16.1. The first-order valence-corrected chi connectivity index (χ1v) is 16.1. The van der Waals surface area contributed by atoms with Gasteiger partial charge in [0.05, 0.1) is 24.4 Å². The molecule has 1 amide bonds. The number of ether oxygens (including phenoxy) is 1. The minimum atomic E-state index is 0.00921. The van der Waals surface area contributed by atoms with Gasteiger partial charge in [-0.1, -0.05) is 0 Å². The minimum Gasteiger partial charge on any atom is -0.494 e. The monoisotopic (exact) mass is 603 g/mol. The lowest BCUT2D eigenvalue weighted by Crippen LogP contribution is -2.48. The molecule has 6 heterocycles. The van der Waals surface area contributed by atoms with Gasteiger partial charge in [0.1, 0.15) is 28.6 Å². The van der Waals surface area contributed by atoms with E-state index in [1.807, 2.05) is 48.5 Å². The zero-order chi connectivity index (χ0) is 30.4. The number of hydrogen-bond donors (Lipinski definition) is 1. The summed E-state index contributed by atoms with van der Waals surface area (Å²) in [5.41, 5.74) is 10.8. The van der Waals surface area contributed by atoms with Crippen molar-refractivity contribution in [3.63, 3.8) is 0 Å². The number of hydrogen-bond acceptors (Lipinski definition) is 8. The Bertz CT molecular complexity index is 1970. The van der Waals surface area contributed by atoms with Crippen LogP contribution in [0.15, 0.2) is 48.8 Å². The van der Waals surface area contributed by atoms with Crippen molar-refractivity contribution in [2.75, 3.05) is 31.6 Å². The van der Waals surface area contributed by atoms with E-state index < -0.39 is 0 Å². The van der Waals surface area contributed by atoms with Gasteiger partial charge in [-0.2, -0.15) is 0 Å². The normalized spacial score (nSPS) is 23.0. The molecule has 1 aromatic carbocycles. The zero-order valence-electron chi connectivity index (χ0n) is 25.6. The second-order valence-electron chi connectivity index (χ2n) is 13.3. The highest BCUT2D eigenvalue weighted by Crippen LogP contribution is 2.42. The van der Waals surface area contributed by atoms with Crippen LogP contribution in [0.5, 0.6) is 5.75 Å². The van der Waals surface area contributed by atoms with Gasteiger partial charge in [0, 0.05) is 61.6 Å². The van der Waals surface area contributed by atoms with Crippen LogP contribution in [-0.2, 0) is 6.54 Å².